The van der Waals surface area contributed by atoms with Gasteiger partial charge in [0, 0.05) is 17.3 Å². The summed E-state index contributed by atoms with van der Waals surface area (Å²) < 4.78 is 6.84. The zero-order valence-electron chi connectivity index (χ0n) is 13.8. The number of pyridine rings is 1. The number of nitrogens with one attached hydrogen (secondary N) is 1. The summed E-state index contributed by atoms with van der Waals surface area (Å²) in [6.07, 6.45) is 1.44. The smallest absolute Gasteiger partial charge is 0.263 e. The lowest BCUT2D eigenvalue weighted by Crippen LogP contribution is -2.22. The van der Waals surface area contributed by atoms with Crippen LogP contribution in [0.4, 0.5) is 5.82 Å². The second kappa shape index (κ2) is 8.35. The molecule has 0 saturated heterocycles. The molecule has 1 amide bonds. The van der Waals surface area contributed by atoms with Crippen molar-refractivity contribution in [1.82, 2.24) is 14.8 Å². The third-order valence-corrected chi connectivity index (χ3v) is 4.36. The van der Waals surface area contributed by atoms with Crippen LogP contribution in [0.15, 0.2) is 36.5 Å². The van der Waals surface area contributed by atoms with Gasteiger partial charge in [-0.05, 0) is 31.2 Å². The van der Waals surface area contributed by atoms with Crippen LogP contribution >= 0.6 is 46.4 Å². The average Bonchev–Trinajstić information content (AvgIpc) is 2.94. The van der Waals surface area contributed by atoms with E-state index in [0.29, 0.717) is 43.2 Å². The van der Waals surface area contributed by atoms with Gasteiger partial charge in [0.15, 0.2) is 12.4 Å². The van der Waals surface area contributed by atoms with Crippen LogP contribution in [0.3, 0.4) is 0 Å². The van der Waals surface area contributed by atoms with Gasteiger partial charge in [0.1, 0.15) is 11.6 Å². The highest BCUT2D eigenvalue weighted by Crippen LogP contribution is 2.28. The van der Waals surface area contributed by atoms with Crippen molar-refractivity contribution in [3.63, 3.8) is 0 Å². The predicted molar refractivity (Wildman–Crippen MR) is 107 cm³/mol. The minimum atomic E-state index is -0.410. The van der Waals surface area contributed by atoms with Crippen LogP contribution in [0, 0.1) is 6.92 Å². The van der Waals surface area contributed by atoms with Crippen molar-refractivity contribution in [2.75, 3.05) is 11.9 Å². The molecule has 0 aliphatic heterocycles. The minimum absolute atomic E-state index is 0.257. The Hall–Kier alpha value is -1.99. The lowest BCUT2D eigenvalue weighted by Gasteiger charge is -2.11. The molecule has 0 spiro atoms. The molecular formula is C17H12Cl4N4O2. The zero-order chi connectivity index (χ0) is 19.6. The van der Waals surface area contributed by atoms with Gasteiger partial charge in [0.05, 0.1) is 20.8 Å². The Morgan fingerprint density at radius 3 is 2.56 bits per heavy atom. The Kier molecular flexibility index (Phi) is 6.11. The van der Waals surface area contributed by atoms with Gasteiger partial charge in [-0.1, -0.05) is 46.4 Å². The van der Waals surface area contributed by atoms with E-state index in [-0.39, 0.29) is 6.61 Å². The molecule has 0 radical (unpaired) electrons. The summed E-state index contributed by atoms with van der Waals surface area (Å²) in [7, 11) is 0. The van der Waals surface area contributed by atoms with Crippen LogP contribution in [-0.2, 0) is 4.79 Å². The van der Waals surface area contributed by atoms with Crippen LogP contribution in [0.1, 0.15) is 5.69 Å². The molecule has 6 nitrogen and oxygen atoms in total. The molecule has 1 aromatic carbocycles. The quantitative estimate of drug-likeness (QED) is 0.585. The number of ether oxygens (including phenoxy) is 1. The number of aryl methyl sites for hydroxylation is 1. The largest absolute Gasteiger partial charge is 0.482 e. The third kappa shape index (κ3) is 4.84. The normalized spacial score (nSPS) is 10.7. The van der Waals surface area contributed by atoms with E-state index in [1.807, 2.05) is 0 Å². The van der Waals surface area contributed by atoms with Crippen LogP contribution in [0.5, 0.6) is 5.75 Å². The van der Waals surface area contributed by atoms with Crippen molar-refractivity contribution < 1.29 is 9.53 Å². The summed E-state index contributed by atoms with van der Waals surface area (Å²) in [6.45, 7) is 1.52. The monoisotopic (exact) mass is 444 g/mol. The Morgan fingerprint density at radius 2 is 1.85 bits per heavy atom. The fraction of sp³-hybridized carbons (Fsp3) is 0.118. The van der Waals surface area contributed by atoms with Gasteiger partial charge in [-0.15, -0.1) is 0 Å². The number of nitrogens with zero attached hydrogens (tertiary/aromatic N) is 3. The van der Waals surface area contributed by atoms with Crippen molar-refractivity contribution in [3.8, 4) is 11.6 Å². The van der Waals surface area contributed by atoms with E-state index in [1.165, 1.54) is 16.9 Å². The highest BCUT2D eigenvalue weighted by atomic mass is 35.5. The second-order valence-corrected chi connectivity index (χ2v) is 7.14. The maximum absolute atomic E-state index is 12.3. The molecule has 2 aromatic heterocycles. The Bertz CT molecular complexity index is 1010. The summed E-state index contributed by atoms with van der Waals surface area (Å²) in [6, 6.07) is 7.96. The number of hydrogen-bond donors (Lipinski definition) is 1. The zero-order valence-corrected chi connectivity index (χ0v) is 16.9. The molecule has 0 fully saturated rings. The van der Waals surface area contributed by atoms with E-state index in [2.05, 4.69) is 15.4 Å². The second-order valence-electron chi connectivity index (χ2n) is 5.45. The summed E-state index contributed by atoms with van der Waals surface area (Å²) >= 11 is 23.9. The Balaban J connectivity index is 1.75. The van der Waals surface area contributed by atoms with Gasteiger partial charge in [0.2, 0.25) is 0 Å². The molecule has 0 atom stereocenters. The number of carbonyl (C=O) groups is 1. The summed E-state index contributed by atoms with van der Waals surface area (Å²) in [5.41, 5.74) is 0.666. The minimum Gasteiger partial charge on any atom is -0.482 e. The molecule has 3 rings (SSSR count). The van der Waals surface area contributed by atoms with Crippen LogP contribution in [0.25, 0.3) is 5.82 Å². The van der Waals surface area contributed by atoms with Gasteiger partial charge in [-0.25, -0.2) is 4.98 Å². The lowest BCUT2D eigenvalue weighted by atomic mass is 10.3. The van der Waals surface area contributed by atoms with E-state index < -0.39 is 5.91 Å². The molecule has 0 aliphatic rings. The topological polar surface area (TPSA) is 69.0 Å². The van der Waals surface area contributed by atoms with Crippen molar-refractivity contribution in [2.45, 2.75) is 6.92 Å². The maximum Gasteiger partial charge on any atom is 0.263 e. The van der Waals surface area contributed by atoms with Gasteiger partial charge in [0.25, 0.3) is 5.91 Å². The molecule has 0 saturated carbocycles. The molecule has 0 aliphatic carbocycles. The first-order chi connectivity index (χ1) is 12.8. The molecule has 140 valence electrons. The number of rotatable bonds is 5. The first-order valence-corrected chi connectivity index (χ1v) is 9.10. The van der Waals surface area contributed by atoms with E-state index in [1.54, 1.807) is 31.2 Å². The van der Waals surface area contributed by atoms with Gasteiger partial charge < -0.3 is 10.1 Å². The molecule has 10 heteroatoms. The maximum atomic E-state index is 12.3. The number of aromatic nitrogens is 3. The summed E-state index contributed by atoms with van der Waals surface area (Å²) in [5, 5.41) is 8.49. The molecule has 3 aromatic rings. The Morgan fingerprint density at radius 1 is 1.11 bits per heavy atom. The molecule has 1 N–H and O–H groups in total. The van der Waals surface area contributed by atoms with E-state index in [4.69, 9.17) is 51.1 Å². The molecule has 0 bridgehead atoms. The standard InChI is InChI=1S/C17H12Cl4N4O2/c1-9-4-15(25(24-9)17-13(21)6-11(19)7-22-17)23-16(26)8-27-14-3-2-10(18)5-12(14)20/h2-7H,8H2,1H3,(H,23,26). The summed E-state index contributed by atoms with van der Waals surface area (Å²) in [5.74, 6) is 0.668. The first kappa shape index (κ1) is 19.8. The molecule has 27 heavy (non-hydrogen) atoms. The first-order valence-electron chi connectivity index (χ1n) is 7.59. The van der Waals surface area contributed by atoms with Gasteiger partial charge >= 0.3 is 0 Å². The number of halogens is 4. The van der Waals surface area contributed by atoms with Gasteiger partial charge in [-0.2, -0.15) is 9.78 Å². The van der Waals surface area contributed by atoms with Crippen LogP contribution in [-0.4, -0.2) is 27.3 Å². The predicted octanol–water partition coefficient (Wildman–Crippen LogP) is 5.21. The van der Waals surface area contributed by atoms with Crippen molar-refractivity contribution >= 4 is 58.1 Å². The SMILES string of the molecule is Cc1cc(NC(=O)COc2ccc(Cl)cc2Cl)n(-c2ncc(Cl)cc2Cl)n1. The van der Waals surface area contributed by atoms with Crippen molar-refractivity contribution in [1.29, 1.82) is 0 Å². The number of carbonyl (C=O) groups excluding carboxylic acids is 1. The molecule has 2 heterocycles. The van der Waals surface area contributed by atoms with Crippen molar-refractivity contribution in [3.05, 3.63) is 62.3 Å². The van der Waals surface area contributed by atoms with Crippen LogP contribution < -0.4 is 10.1 Å². The van der Waals surface area contributed by atoms with Crippen molar-refractivity contribution in [2.24, 2.45) is 0 Å². The number of hydrogen-bond acceptors (Lipinski definition) is 4. The lowest BCUT2D eigenvalue weighted by molar-refractivity contribution is -0.118. The van der Waals surface area contributed by atoms with Gasteiger partial charge in [-0.3, -0.25) is 4.79 Å². The number of amides is 1. The highest BCUT2D eigenvalue weighted by Gasteiger charge is 2.15. The molecule has 0 unspecified atom stereocenters. The third-order valence-electron chi connectivity index (χ3n) is 3.34. The number of benzene rings is 1. The number of anilines is 1. The Labute approximate surface area is 175 Å². The van der Waals surface area contributed by atoms with E-state index in [0.717, 1.165) is 0 Å². The highest BCUT2D eigenvalue weighted by molar-refractivity contribution is 6.36. The fourth-order valence-corrected chi connectivity index (χ4v) is 3.15. The fourth-order valence-electron chi connectivity index (χ4n) is 2.23. The average molecular weight is 446 g/mol. The van der Waals surface area contributed by atoms with E-state index >= 15 is 0 Å². The summed E-state index contributed by atoms with van der Waals surface area (Å²) in [4.78, 5) is 16.4. The van der Waals surface area contributed by atoms with Crippen LogP contribution in [0.2, 0.25) is 20.1 Å². The molecular weight excluding hydrogens is 434 g/mol. The van der Waals surface area contributed by atoms with E-state index in [9.17, 15) is 4.79 Å².